The standard InChI is InChI=1S/C30H23FN6O/c31-23-9-2-1-7-21(23)20-8-4-10-25-22(20)14-27(34-25)29-28-26(36-37-29)12-11-24(35-28)18-13-19(16-32-15-18)33-30(38)17-5-3-6-17/h1-2,4,7-17,34H,3,5-6H2,(H,33,38)(H,36,37). The zero-order chi connectivity index (χ0) is 25.6. The summed E-state index contributed by atoms with van der Waals surface area (Å²) in [6.07, 6.45) is 6.37. The first-order valence-electron chi connectivity index (χ1n) is 12.6. The molecular weight excluding hydrogens is 479 g/mol. The number of aromatic amines is 2. The number of nitrogens with one attached hydrogen (secondary N) is 3. The van der Waals surface area contributed by atoms with Crippen molar-refractivity contribution in [2.24, 2.45) is 5.92 Å². The average molecular weight is 503 g/mol. The lowest BCUT2D eigenvalue weighted by Gasteiger charge is -2.24. The molecule has 0 spiro atoms. The number of carbonyl (C=O) groups is 1. The maximum Gasteiger partial charge on any atom is 0.227 e. The highest BCUT2D eigenvalue weighted by molar-refractivity contribution is 6.00. The van der Waals surface area contributed by atoms with Crippen molar-refractivity contribution in [3.05, 3.63) is 84.9 Å². The predicted octanol–water partition coefficient (Wildman–Crippen LogP) is 6.71. The van der Waals surface area contributed by atoms with Gasteiger partial charge in [0.2, 0.25) is 5.91 Å². The molecular formula is C30H23FN6O. The van der Waals surface area contributed by atoms with Crippen LogP contribution >= 0.6 is 0 Å². The fourth-order valence-corrected chi connectivity index (χ4v) is 5.01. The molecule has 7 nitrogen and oxygen atoms in total. The number of nitrogens with zero attached hydrogens (tertiary/aromatic N) is 3. The molecule has 3 N–H and O–H groups in total. The summed E-state index contributed by atoms with van der Waals surface area (Å²) in [5.41, 5.74) is 7.34. The molecule has 0 saturated heterocycles. The van der Waals surface area contributed by atoms with Gasteiger partial charge in [0.25, 0.3) is 0 Å². The third-order valence-electron chi connectivity index (χ3n) is 7.27. The number of halogens is 1. The van der Waals surface area contributed by atoms with Gasteiger partial charge in [-0.3, -0.25) is 14.9 Å². The van der Waals surface area contributed by atoms with Gasteiger partial charge >= 0.3 is 0 Å². The summed E-state index contributed by atoms with van der Waals surface area (Å²) in [5.74, 6) is -0.125. The molecule has 4 heterocycles. The third kappa shape index (κ3) is 3.82. The van der Waals surface area contributed by atoms with Crippen molar-refractivity contribution < 1.29 is 9.18 Å². The number of hydrogen-bond donors (Lipinski definition) is 3. The van der Waals surface area contributed by atoms with Gasteiger partial charge in [0.05, 0.1) is 28.8 Å². The SMILES string of the molecule is O=C(Nc1cncc(-c2ccc3[nH]nc(-c4cc5c(-c6ccccc6F)cccc5[nH]4)c3n2)c1)C1CCC1. The number of rotatable bonds is 5. The maximum atomic E-state index is 14.6. The van der Waals surface area contributed by atoms with Crippen molar-refractivity contribution >= 4 is 33.5 Å². The Labute approximate surface area is 217 Å². The quantitative estimate of drug-likeness (QED) is 0.244. The molecule has 186 valence electrons. The van der Waals surface area contributed by atoms with Gasteiger partial charge in [0.1, 0.15) is 17.0 Å². The minimum atomic E-state index is -0.265. The average Bonchev–Trinajstić information content (AvgIpc) is 3.52. The van der Waals surface area contributed by atoms with Crippen molar-refractivity contribution in [3.8, 4) is 33.8 Å². The van der Waals surface area contributed by atoms with Gasteiger partial charge in [0.15, 0.2) is 0 Å². The highest BCUT2D eigenvalue weighted by Crippen LogP contribution is 2.35. The second-order valence-electron chi connectivity index (χ2n) is 9.67. The van der Waals surface area contributed by atoms with Crippen LogP contribution in [-0.4, -0.2) is 31.1 Å². The lowest BCUT2D eigenvalue weighted by molar-refractivity contribution is -0.122. The minimum Gasteiger partial charge on any atom is -0.353 e. The minimum absolute atomic E-state index is 0.0456. The highest BCUT2D eigenvalue weighted by atomic mass is 19.1. The number of pyridine rings is 2. The summed E-state index contributed by atoms with van der Waals surface area (Å²) in [6, 6.07) is 20.3. The fourth-order valence-electron chi connectivity index (χ4n) is 5.01. The molecule has 1 aliphatic carbocycles. The first-order chi connectivity index (χ1) is 18.6. The van der Waals surface area contributed by atoms with E-state index < -0.39 is 0 Å². The predicted molar refractivity (Wildman–Crippen MR) is 146 cm³/mol. The number of fused-ring (bicyclic) bond motifs is 2. The van der Waals surface area contributed by atoms with E-state index in [1.54, 1.807) is 24.5 Å². The van der Waals surface area contributed by atoms with Gasteiger partial charge in [-0.2, -0.15) is 5.10 Å². The second-order valence-corrected chi connectivity index (χ2v) is 9.67. The number of aromatic nitrogens is 5. The molecule has 6 aromatic rings. The monoisotopic (exact) mass is 502 g/mol. The van der Waals surface area contributed by atoms with Crippen molar-refractivity contribution in [1.82, 2.24) is 25.1 Å². The molecule has 38 heavy (non-hydrogen) atoms. The van der Waals surface area contributed by atoms with E-state index in [9.17, 15) is 9.18 Å². The van der Waals surface area contributed by atoms with Gasteiger partial charge in [0, 0.05) is 34.1 Å². The molecule has 1 amide bonds. The molecule has 0 atom stereocenters. The fraction of sp³-hybridized carbons (Fsp3) is 0.133. The number of hydrogen-bond acceptors (Lipinski definition) is 4. The Morgan fingerprint density at radius 3 is 2.66 bits per heavy atom. The van der Waals surface area contributed by atoms with Crippen LogP contribution in [0.15, 0.2) is 79.1 Å². The van der Waals surface area contributed by atoms with E-state index >= 15 is 0 Å². The molecule has 0 bridgehead atoms. The summed E-state index contributed by atoms with van der Waals surface area (Å²) >= 11 is 0. The molecule has 0 radical (unpaired) electrons. The molecule has 1 fully saturated rings. The molecule has 0 aliphatic heterocycles. The molecule has 2 aromatic carbocycles. The van der Waals surface area contributed by atoms with Crippen LogP contribution in [-0.2, 0) is 4.79 Å². The molecule has 4 aromatic heterocycles. The maximum absolute atomic E-state index is 14.6. The van der Waals surface area contributed by atoms with E-state index in [1.165, 1.54) is 6.07 Å². The number of carbonyl (C=O) groups excluding carboxylic acids is 1. The lowest BCUT2D eigenvalue weighted by Crippen LogP contribution is -2.28. The van der Waals surface area contributed by atoms with E-state index in [1.807, 2.05) is 48.5 Å². The van der Waals surface area contributed by atoms with Crippen molar-refractivity contribution in [3.63, 3.8) is 0 Å². The van der Waals surface area contributed by atoms with Gasteiger partial charge in [-0.25, -0.2) is 9.37 Å². The van der Waals surface area contributed by atoms with Crippen LogP contribution in [0.1, 0.15) is 19.3 Å². The molecule has 0 unspecified atom stereocenters. The Morgan fingerprint density at radius 1 is 0.947 bits per heavy atom. The molecule has 1 saturated carbocycles. The third-order valence-corrected chi connectivity index (χ3v) is 7.27. The van der Waals surface area contributed by atoms with E-state index in [4.69, 9.17) is 4.98 Å². The normalized spacial score (nSPS) is 13.6. The van der Waals surface area contributed by atoms with Gasteiger partial charge in [-0.05, 0) is 54.8 Å². The number of amides is 1. The summed E-state index contributed by atoms with van der Waals surface area (Å²) in [4.78, 5) is 25.1. The Balaban J connectivity index is 1.27. The van der Waals surface area contributed by atoms with Gasteiger partial charge in [-0.1, -0.05) is 36.8 Å². The van der Waals surface area contributed by atoms with E-state index in [0.29, 0.717) is 22.5 Å². The Morgan fingerprint density at radius 2 is 1.82 bits per heavy atom. The van der Waals surface area contributed by atoms with Crippen molar-refractivity contribution in [1.29, 1.82) is 0 Å². The van der Waals surface area contributed by atoms with Crippen LogP contribution in [0.2, 0.25) is 0 Å². The zero-order valence-electron chi connectivity index (χ0n) is 20.3. The number of H-pyrrole nitrogens is 2. The number of benzene rings is 2. The lowest BCUT2D eigenvalue weighted by atomic mass is 9.85. The first kappa shape index (κ1) is 22.4. The number of anilines is 1. The summed E-state index contributed by atoms with van der Waals surface area (Å²) in [5, 5.41) is 11.5. The Kier molecular flexibility index (Phi) is 5.25. The zero-order valence-corrected chi connectivity index (χ0v) is 20.3. The summed E-state index contributed by atoms with van der Waals surface area (Å²) < 4.78 is 14.6. The van der Waals surface area contributed by atoms with Crippen LogP contribution in [0.4, 0.5) is 10.1 Å². The molecule has 1 aliphatic rings. The van der Waals surface area contributed by atoms with Gasteiger partial charge in [-0.15, -0.1) is 0 Å². The second kappa shape index (κ2) is 8.92. The first-order valence-corrected chi connectivity index (χ1v) is 12.6. The van der Waals surface area contributed by atoms with Crippen molar-refractivity contribution in [2.45, 2.75) is 19.3 Å². The van der Waals surface area contributed by atoms with Crippen LogP contribution < -0.4 is 5.32 Å². The largest absolute Gasteiger partial charge is 0.353 e. The Hall–Kier alpha value is -4.85. The highest BCUT2D eigenvalue weighted by Gasteiger charge is 2.25. The smallest absolute Gasteiger partial charge is 0.227 e. The van der Waals surface area contributed by atoms with Crippen LogP contribution in [0.3, 0.4) is 0 Å². The topological polar surface area (TPSA) is 99.4 Å². The Bertz CT molecular complexity index is 1830. The van der Waals surface area contributed by atoms with E-state index in [0.717, 1.165) is 58.2 Å². The van der Waals surface area contributed by atoms with Crippen LogP contribution in [0.25, 0.3) is 55.7 Å². The van der Waals surface area contributed by atoms with E-state index in [2.05, 4.69) is 25.5 Å². The van der Waals surface area contributed by atoms with E-state index in [-0.39, 0.29) is 17.6 Å². The summed E-state index contributed by atoms with van der Waals surface area (Å²) in [6.45, 7) is 0. The summed E-state index contributed by atoms with van der Waals surface area (Å²) in [7, 11) is 0. The molecule has 7 rings (SSSR count). The van der Waals surface area contributed by atoms with Crippen molar-refractivity contribution in [2.75, 3.05) is 5.32 Å². The van der Waals surface area contributed by atoms with Crippen LogP contribution in [0, 0.1) is 11.7 Å². The molecule has 8 heteroatoms. The van der Waals surface area contributed by atoms with Crippen LogP contribution in [0.5, 0.6) is 0 Å². The van der Waals surface area contributed by atoms with Gasteiger partial charge < -0.3 is 10.3 Å².